The number of carbonyl (C=O) groups excluding carboxylic acids is 1. The molecule has 1 aliphatic heterocycles. The Balaban J connectivity index is 1.48. The monoisotopic (exact) mass is 390 g/mol. The van der Waals surface area contributed by atoms with Gasteiger partial charge in [0.1, 0.15) is 5.75 Å². The van der Waals surface area contributed by atoms with Crippen LogP contribution in [-0.2, 0) is 11.3 Å². The van der Waals surface area contributed by atoms with Crippen molar-refractivity contribution >= 4 is 16.9 Å². The van der Waals surface area contributed by atoms with Crippen LogP contribution in [0.25, 0.3) is 10.9 Å². The maximum Gasteiger partial charge on any atom is 0.339 e. The summed E-state index contributed by atoms with van der Waals surface area (Å²) in [6, 6.07) is 12.9. The molecule has 5 rings (SSSR count). The lowest BCUT2D eigenvalue weighted by atomic mass is 9.89. The number of esters is 1. The van der Waals surface area contributed by atoms with E-state index in [-0.39, 0.29) is 11.7 Å². The second-order valence-electron chi connectivity index (χ2n) is 8.25. The smallest absolute Gasteiger partial charge is 0.339 e. The molecule has 1 aliphatic carbocycles. The molecule has 0 spiro atoms. The van der Waals surface area contributed by atoms with Crippen LogP contribution >= 0.6 is 0 Å². The zero-order chi connectivity index (χ0) is 19.8. The minimum atomic E-state index is -0.507. The Bertz CT molecular complexity index is 1050. The van der Waals surface area contributed by atoms with E-state index in [0.717, 1.165) is 40.2 Å². The Morgan fingerprint density at radius 1 is 1.10 bits per heavy atom. The summed E-state index contributed by atoms with van der Waals surface area (Å²) in [7, 11) is 0. The molecule has 2 heterocycles. The molecule has 2 aromatic carbocycles. The number of phenolic OH excluding ortho intramolecular Hbond substituents is 1. The zero-order valence-electron chi connectivity index (χ0n) is 16.4. The van der Waals surface area contributed by atoms with Crippen LogP contribution in [0.5, 0.6) is 5.75 Å². The lowest BCUT2D eigenvalue weighted by Crippen LogP contribution is -2.24. The summed E-state index contributed by atoms with van der Waals surface area (Å²) < 4.78 is 5.78. The molecule has 150 valence electrons. The average molecular weight is 390 g/mol. The highest BCUT2D eigenvalue weighted by atomic mass is 16.5. The topological polar surface area (TPSA) is 74.3 Å². The van der Waals surface area contributed by atoms with E-state index in [1.165, 1.54) is 38.2 Å². The number of cyclic esters (lactones) is 1. The Hall–Kier alpha value is -2.79. The van der Waals surface area contributed by atoms with Gasteiger partial charge in [-0.25, -0.2) is 4.79 Å². The van der Waals surface area contributed by atoms with Crippen molar-refractivity contribution in [2.45, 2.75) is 44.8 Å². The quantitative estimate of drug-likeness (QED) is 0.547. The summed E-state index contributed by atoms with van der Waals surface area (Å²) in [5.41, 5.74) is 4.31. The van der Waals surface area contributed by atoms with Gasteiger partial charge in [0.15, 0.2) is 6.10 Å². The summed E-state index contributed by atoms with van der Waals surface area (Å²) >= 11 is 0. The van der Waals surface area contributed by atoms with Gasteiger partial charge in [-0.15, -0.1) is 0 Å². The summed E-state index contributed by atoms with van der Waals surface area (Å²) in [5, 5.41) is 14.7. The first kappa shape index (κ1) is 18.3. The normalized spacial score (nSPS) is 19.4. The molecule has 1 saturated carbocycles. The largest absolute Gasteiger partial charge is 0.508 e. The number of phenols is 1. The fourth-order valence-corrected chi connectivity index (χ4v) is 4.85. The molecular formula is C24H26N2O3. The average Bonchev–Trinajstić information content (AvgIpc) is 3.25. The van der Waals surface area contributed by atoms with E-state index in [0.29, 0.717) is 12.1 Å². The molecule has 2 aliphatic rings. The highest BCUT2D eigenvalue weighted by Crippen LogP contribution is 2.42. The third-order valence-corrected chi connectivity index (χ3v) is 6.31. The molecule has 0 bridgehead atoms. The van der Waals surface area contributed by atoms with E-state index >= 15 is 0 Å². The predicted molar refractivity (Wildman–Crippen MR) is 112 cm³/mol. The third-order valence-electron chi connectivity index (χ3n) is 6.31. The molecule has 3 aromatic rings. The fraction of sp³-hybridized carbons (Fsp3) is 0.375. The number of fused-ring (bicyclic) bond motifs is 2. The van der Waals surface area contributed by atoms with Gasteiger partial charge in [0.25, 0.3) is 0 Å². The van der Waals surface area contributed by atoms with E-state index in [2.05, 4.69) is 16.4 Å². The molecule has 0 radical (unpaired) electrons. The molecule has 1 aromatic heterocycles. The number of aromatic nitrogens is 1. The van der Waals surface area contributed by atoms with Gasteiger partial charge in [-0.3, -0.25) is 0 Å². The van der Waals surface area contributed by atoms with Crippen LogP contribution < -0.4 is 5.32 Å². The molecule has 5 nitrogen and oxygen atoms in total. The first-order chi connectivity index (χ1) is 14.2. The SMILES string of the molecule is O=C1OC(c2c(CNCC3CCCCC3)[nH]c3ccccc23)c2cc(O)ccc21. The van der Waals surface area contributed by atoms with Crippen molar-refractivity contribution in [3.05, 3.63) is 64.8 Å². The lowest BCUT2D eigenvalue weighted by molar-refractivity contribution is 0.0456. The van der Waals surface area contributed by atoms with Gasteiger partial charge in [-0.1, -0.05) is 37.5 Å². The number of nitrogens with one attached hydrogen (secondary N) is 2. The second-order valence-corrected chi connectivity index (χ2v) is 8.25. The van der Waals surface area contributed by atoms with Gasteiger partial charge in [-0.05, 0) is 49.6 Å². The van der Waals surface area contributed by atoms with Gasteiger partial charge in [-0.2, -0.15) is 0 Å². The second kappa shape index (κ2) is 7.56. The van der Waals surface area contributed by atoms with Crippen molar-refractivity contribution in [3.63, 3.8) is 0 Å². The number of aromatic hydroxyl groups is 1. The Labute approximate surface area is 170 Å². The highest BCUT2D eigenvalue weighted by molar-refractivity contribution is 5.96. The minimum Gasteiger partial charge on any atom is -0.508 e. The molecule has 1 unspecified atom stereocenters. The van der Waals surface area contributed by atoms with Gasteiger partial charge in [0.2, 0.25) is 0 Å². The number of hydrogen-bond donors (Lipinski definition) is 3. The highest BCUT2D eigenvalue weighted by Gasteiger charge is 2.35. The summed E-state index contributed by atoms with van der Waals surface area (Å²) in [6.07, 6.45) is 6.14. The van der Waals surface area contributed by atoms with Gasteiger partial charge in [0, 0.05) is 34.3 Å². The van der Waals surface area contributed by atoms with Gasteiger partial charge in [0.05, 0.1) is 5.56 Å². The first-order valence-electron chi connectivity index (χ1n) is 10.5. The molecular weight excluding hydrogens is 364 g/mol. The van der Waals surface area contributed by atoms with Crippen LogP contribution in [0.1, 0.15) is 65.4 Å². The number of hydrogen-bond acceptors (Lipinski definition) is 4. The molecule has 1 fully saturated rings. The minimum absolute atomic E-state index is 0.142. The Morgan fingerprint density at radius 3 is 2.79 bits per heavy atom. The van der Waals surface area contributed by atoms with Crippen molar-refractivity contribution in [1.82, 2.24) is 10.3 Å². The number of carbonyl (C=O) groups is 1. The Morgan fingerprint density at radius 2 is 1.93 bits per heavy atom. The first-order valence-corrected chi connectivity index (χ1v) is 10.5. The van der Waals surface area contributed by atoms with E-state index < -0.39 is 6.10 Å². The molecule has 1 atom stereocenters. The molecule has 5 heteroatoms. The number of para-hydroxylation sites is 1. The van der Waals surface area contributed by atoms with Crippen LogP contribution in [0.15, 0.2) is 42.5 Å². The van der Waals surface area contributed by atoms with Crippen LogP contribution in [0.4, 0.5) is 0 Å². The maximum atomic E-state index is 12.4. The van der Waals surface area contributed by atoms with Gasteiger partial charge >= 0.3 is 5.97 Å². The summed E-state index contributed by atoms with van der Waals surface area (Å²) in [5.74, 6) is 0.554. The Kier molecular flexibility index (Phi) is 4.76. The van der Waals surface area contributed by atoms with Crippen LogP contribution in [0.3, 0.4) is 0 Å². The van der Waals surface area contributed by atoms with Crippen molar-refractivity contribution in [2.24, 2.45) is 5.92 Å². The van der Waals surface area contributed by atoms with Crippen molar-refractivity contribution in [3.8, 4) is 5.75 Å². The predicted octanol–water partition coefficient (Wildman–Crippen LogP) is 4.80. The van der Waals surface area contributed by atoms with Gasteiger partial charge < -0.3 is 20.1 Å². The summed E-state index contributed by atoms with van der Waals surface area (Å²) in [4.78, 5) is 15.9. The number of benzene rings is 2. The number of aromatic amines is 1. The molecule has 0 amide bonds. The van der Waals surface area contributed by atoms with E-state index in [1.807, 2.05) is 18.2 Å². The number of ether oxygens (including phenoxy) is 1. The molecule has 3 N–H and O–H groups in total. The van der Waals surface area contributed by atoms with Crippen LogP contribution in [-0.4, -0.2) is 22.6 Å². The molecule has 0 saturated heterocycles. The fourth-order valence-electron chi connectivity index (χ4n) is 4.85. The number of H-pyrrole nitrogens is 1. The van der Waals surface area contributed by atoms with Crippen molar-refractivity contribution < 1.29 is 14.6 Å². The van der Waals surface area contributed by atoms with E-state index in [4.69, 9.17) is 4.74 Å². The number of rotatable bonds is 5. The summed E-state index contributed by atoms with van der Waals surface area (Å²) in [6.45, 7) is 1.71. The van der Waals surface area contributed by atoms with Crippen LogP contribution in [0.2, 0.25) is 0 Å². The zero-order valence-corrected chi connectivity index (χ0v) is 16.4. The van der Waals surface area contributed by atoms with E-state index in [9.17, 15) is 9.90 Å². The van der Waals surface area contributed by atoms with E-state index in [1.54, 1.807) is 12.1 Å². The van der Waals surface area contributed by atoms with Crippen molar-refractivity contribution in [2.75, 3.05) is 6.54 Å². The lowest BCUT2D eigenvalue weighted by Gasteiger charge is -2.22. The van der Waals surface area contributed by atoms with Crippen molar-refractivity contribution in [1.29, 1.82) is 0 Å². The third kappa shape index (κ3) is 3.40. The maximum absolute atomic E-state index is 12.4. The van der Waals surface area contributed by atoms with Crippen LogP contribution in [0, 0.1) is 5.92 Å². The molecule has 29 heavy (non-hydrogen) atoms. The standard InChI is InChI=1S/C24H26N2O3/c27-16-10-11-17-19(12-16)23(29-24(17)28)22-18-8-4-5-9-20(18)26-21(22)14-25-13-15-6-2-1-3-7-15/h4-5,8-12,15,23,25-27H,1-3,6-7,13-14H2.